The third-order valence-corrected chi connectivity index (χ3v) is 7.12. The molecule has 0 saturated carbocycles. The average Bonchev–Trinajstić information content (AvgIpc) is 3.55. The largest absolute Gasteiger partial charge is 0.506 e. The second-order valence-corrected chi connectivity index (χ2v) is 11.0. The van der Waals surface area contributed by atoms with Crippen molar-refractivity contribution in [3.63, 3.8) is 0 Å². The van der Waals surface area contributed by atoms with Crippen LogP contribution in [0.2, 0.25) is 0 Å². The molecular weight excluding hydrogens is 484 g/mol. The average molecular weight is 521 g/mol. The van der Waals surface area contributed by atoms with Crippen molar-refractivity contribution in [1.82, 2.24) is 29.5 Å². The molecule has 2 heterocycles. The van der Waals surface area contributed by atoms with Gasteiger partial charge in [-0.3, -0.25) is 0 Å². The first-order chi connectivity index (χ1) is 18.7. The third kappa shape index (κ3) is 4.97. The highest BCUT2D eigenvalue weighted by molar-refractivity contribution is 5.68. The molecular formula is C32H36N6O. The fraction of sp³-hybridized carbons (Fsp3) is 0.312. The molecule has 0 atom stereocenters. The molecule has 0 radical (unpaired) electrons. The topological polar surface area (TPSA) is 81.7 Å². The Kier molecular flexibility index (Phi) is 7.08. The van der Waals surface area contributed by atoms with Gasteiger partial charge in [0.25, 0.3) is 0 Å². The molecule has 39 heavy (non-hydrogen) atoms. The number of hydrogen-bond donors (Lipinski definition) is 1. The van der Waals surface area contributed by atoms with Gasteiger partial charge in [-0.1, -0.05) is 84.0 Å². The summed E-state index contributed by atoms with van der Waals surface area (Å²) in [6, 6.07) is 19.9. The molecule has 0 saturated heterocycles. The summed E-state index contributed by atoms with van der Waals surface area (Å²) in [5, 5.41) is 19.8. The van der Waals surface area contributed by atoms with Crippen molar-refractivity contribution < 1.29 is 5.11 Å². The molecule has 1 N–H and O–H groups in total. The van der Waals surface area contributed by atoms with Crippen molar-refractivity contribution in [3.8, 4) is 39.9 Å². The lowest BCUT2D eigenvalue weighted by Gasteiger charge is -2.23. The Balaban J connectivity index is 1.62. The van der Waals surface area contributed by atoms with Crippen molar-refractivity contribution in [2.24, 2.45) is 0 Å². The van der Waals surface area contributed by atoms with Crippen LogP contribution in [0.4, 0.5) is 0 Å². The summed E-state index contributed by atoms with van der Waals surface area (Å²) in [5.74, 6) is 3.29. The number of phenols is 1. The Hall–Kier alpha value is -4.26. The molecule has 5 rings (SSSR count). The highest BCUT2D eigenvalue weighted by Crippen LogP contribution is 2.36. The Bertz CT molecular complexity index is 1600. The minimum absolute atomic E-state index is 0.157. The fourth-order valence-corrected chi connectivity index (χ4v) is 4.95. The summed E-state index contributed by atoms with van der Waals surface area (Å²) in [6.07, 6.45) is 1.63. The second-order valence-electron chi connectivity index (χ2n) is 11.0. The van der Waals surface area contributed by atoms with Gasteiger partial charge in [0.05, 0.1) is 5.69 Å². The molecule has 3 aromatic carbocycles. The quantitative estimate of drug-likeness (QED) is 0.239. The zero-order chi connectivity index (χ0) is 27.8. The second kappa shape index (κ2) is 10.5. The van der Waals surface area contributed by atoms with Crippen LogP contribution in [0.5, 0.6) is 5.75 Å². The van der Waals surface area contributed by atoms with Crippen molar-refractivity contribution in [2.75, 3.05) is 0 Å². The zero-order valence-corrected chi connectivity index (χ0v) is 23.7. The summed E-state index contributed by atoms with van der Waals surface area (Å²) >= 11 is 0. The van der Waals surface area contributed by atoms with Crippen LogP contribution in [-0.4, -0.2) is 34.6 Å². The number of phenolic OH excluding ortho intramolecular Hbond substituents is 1. The lowest BCUT2D eigenvalue weighted by Crippen LogP contribution is -2.11. The van der Waals surface area contributed by atoms with E-state index in [0.717, 1.165) is 22.6 Å². The van der Waals surface area contributed by atoms with E-state index in [9.17, 15) is 5.11 Å². The highest BCUT2D eigenvalue weighted by Gasteiger charge is 2.22. The molecule has 0 aliphatic rings. The first kappa shape index (κ1) is 26.4. The predicted octanol–water partition coefficient (Wildman–Crippen LogP) is 7.57. The maximum atomic E-state index is 10.3. The van der Waals surface area contributed by atoms with Gasteiger partial charge >= 0.3 is 0 Å². The van der Waals surface area contributed by atoms with Crippen LogP contribution < -0.4 is 0 Å². The lowest BCUT2D eigenvalue weighted by molar-refractivity contribution is 0.470. The molecule has 2 aromatic heterocycles. The summed E-state index contributed by atoms with van der Waals surface area (Å²) in [7, 11) is 0. The lowest BCUT2D eigenvalue weighted by atomic mass is 9.87. The maximum absolute atomic E-state index is 10.3. The first-order valence-electron chi connectivity index (χ1n) is 13.6. The molecule has 5 aromatic rings. The molecule has 0 aliphatic heterocycles. The number of aromatic nitrogens is 6. The van der Waals surface area contributed by atoms with E-state index in [2.05, 4.69) is 59.7 Å². The summed E-state index contributed by atoms with van der Waals surface area (Å²) in [6.45, 7) is 15.3. The molecule has 0 aliphatic carbocycles. The zero-order valence-electron chi connectivity index (χ0n) is 23.7. The monoisotopic (exact) mass is 520 g/mol. The number of aryl methyl sites for hydroxylation is 1. The summed E-state index contributed by atoms with van der Waals surface area (Å²) in [4.78, 5) is 9.41. The Morgan fingerprint density at radius 2 is 1.41 bits per heavy atom. The third-order valence-electron chi connectivity index (χ3n) is 7.12. The standard InChI is InChI=1S/C32H36N6O/c1-19(2)25-16-26(20(3)4)30(27(17-25)21(5)6)38-32(33-18-34-38)24-12-10-11-23(15-24)31-35-22(7)37(36-31)28-13-8-9-14-29(28)39/h8-21,39H,1-7H3. The molecule has 0 fully saturated rings. The Morgan fingerprint density at radius 3 is 2.05 bits per heavy atom. The van der Waals surface area contributed by atoms with Crippen LogP contribution in [0, 0.1) is 6.92 Å². The number of benzene rings is 3. The molecule has 0 bridgehead atoms. The van der Waals surface area contributed by atoms with Gasteiger partial charge in [0.15, 0.2) is 11.6 Å². The van der Waals surface area contributed by atoms with E-state index in [4.69, 9.17) is 20.2 Å². The highest BCUT2D eigenvalue weighted by atomic mass is 16.3. The van der Waals surface area contributed by atoms with E-state index >= 15 is 0 Å². The van der Waals surface area contributed by atoms with Gasteiger partial charge in [0.1, 0.15) is 23.6 Å². The maximum Gasteiger partial charge on any atom is 0.181 e. The van der Waals surface area contributed by atoms with Gasteiger partial charge in [0, 0.05) is 11.1 Å². The van der Waals surface area contributed by atoms with Gasteiger partial charge in [-0.25, -0.2) is 19.3 Å². The molecule has 7 heteroatoms. The van der Waals surface area contributed by atoms with Crippen LogP contribution in [0.25, 0.3) is 34.2 Å². The van der Waals surface area contributed by atoms with Gasteiger partial charge in [-0.2, -0.15) is 5.10 Å². The molecule has 0 unspecified atom stereocenters. The van der Waals surface area contributed by atoms with E-state index in [1.807, 2.05) is 41.9 Å². The first-order valence-corrected chi connectivity index (χ1v) is 13.6. The number of para-hydroxylation sites is 2. The predicted molar refractivity (Wildman–Crippen MR) is 156 cm³/mol. The Labute approximate surface area is 230 Å². The Morgan fingerprint density at radius 1 is 0.744 bits per heavy atom. The van der Waals surface area contributed by atoms with Gasteiger partial charge < -0.3 is 5.11 Å². The molecule has 0 amide bonds. The molecule has 7 nitrogen and oxygen atoms in total. The van der Waals surface area contributed by atoms with Crippen LogP contribution in [0.15, 0.2) is 67.0 Å². The number of rotatable bonds is 7. The normalized spacial score (nSPS) is 11.7. The van der Waals surface area contributed by atoms with Crippen LogP contribution in [0.3, 0.4) is 0 Å². The molecule has 0 spiro atoms. The van der Waals surface area contributed by atoms with Crippen molar-refractivity contribution in [2.45, 2.75) is 66.2 Å². The van der Waals surface area contributed by atoms with Crippen molar-refractivity contribution in [1.29, 1.82) is 0 Å². The van der Waals surface area contributed by atoms with Crippen molar-refractivity contribution in [3.05, 3.63) is 89.5 Å². The number of nitrogens with zero attached hydrogens (tertiary/aromatic N) is 6. The SMILES string of the molecule is Cc1nc(-c2cccc(-c3ncnn3-c3c(C(C)C)cc(C(C)C)cc3C(C)C)c2)nn1-c1ccccc1O. The minimum atomic E-state index is 0.157. The molecule has 200 valence electrons. The van der Waals surface area contributed by atoms with Crippen molar-refractivity contribution >= 4 is 0 Å². The number of hydrogen-bond acceptors (Lipinski definition) is 5. The van der Waals surface area contributed by atoms with Crippen LogP contribution in [0.1, 0.15) is 81.8 Å². The van der Waals surface area contributed by atoms with Gasteiger partial charge in [0.2, 0.25) is 0 Å². The summed E-state index contributed by atoms with van der Waals surface area (Å²) in [5.41, 5.74) is 7.38. The van der Waals surface area contributed by atoms with E-state index in [1.165, 1.54) is 16.7 Å². The van der Waals surface area contributed by atoms with Crippen LogP contribution in [-0.2, 0) is 0 Å². The van der Waals surface area contributed by atoms with Gasteiger partial charge in [-0.05, 0) is 59.6 Å². The van der Waals surface area contributed by atoms with E-state index in [0.29, 0.717) is 35.1 Å². The van der Waals surface area contributed by atoms with Gasteiger partial charge in [-0.15, -0.1) is 5.10 Å². The van der Waals surface area contributed by atoms with E-state index < -0.39 is 0 Å². The minimum Gasteiger partial charge on any atom is -0.506 e. The van der Waals surface area contributed by atoms with E-state index in [1.54, 1.807) is 23.1 Å². The smallest absolute Gasteiger partial charge is 0.181 e. The van der Waals surface area contributed by atoms with E-state index in [-0.39, 0.29) is 5.75 Å². The van der Waals surface area contributed by atoms with Crippen LogP contribution >= 0.6 is 0 Å². The number of aromatic hydroxyl groups is 1. The summed E-state index contributed by atoms with van der Waals surface area (Å²) < 4.78 is 3.66. The fourth-order valence-electron chi connectivity index (χ4n) is 4.95.